The van der Waals surface area contributed by atoms with Crippen molar-refractivity contribution in [1.29, 1.82) is 0 Å². The average Bonchev–Trinajstić information content (AvgIpc) is 2.66. The van der Waals surface area contributed by atoms with Gasteiger partial charge in [-0.05, 0) is 59.2 Å². The molecule has 1 aliphatic rings. The Labute approximate surface area is 152 Å². The second-order valence-electron chi connectivity index (χ2n) is 6.63. The van der Waals surface area contributed by atoms with Gasteiger partial charge in [-0.15, -0.1) is 0 Å². The van der Waals surface area contributed by atoms with Crippen LogP contribution in [0.2, 0.25) is 0 Å². The molecule has 0 fully saturated rings. The molecule has 0 spiro atoms. The summed E-state index contributed by atoms with van der Waals surface area (Å²) in [6.07, 6.45) is 0.583. The normalized spacial score (nSPS) is 21.9. The van der Waals surface area contributed by atoms with E-state index in [9.17, 15) is 20.4 Å². The van der Waals surface area contributed by atoms with Gasteiger partial charge in [0.15, 0.2) is 23.0 Å². The van der Waals surface area contributed by atoms with E-state index >= 15 is 0 Å². The number of phenols is 2. The fourth-order valence-electron chi connectivity index (χ4n) is 3.96. The highest BCUT2D eigenvalue weighted by Gasteiger charge is 2.38. The first-order valence-corrected chi connectivity index (χ1v) is 8.52. The van der Waals surface area contributed by atoms with Crippen LogP contribution in [0.1, 0.15) is 22.6 Å². The van der Waals surface area contributed by atoms with Crippen LogP contribution in [0.5, 0.6) is 23.0 Å². The minimum atomic E-state index is -0.257. The number of ether oxygens (including phenoxy) is 2. The first kappa shape index (κ1) is 18.4. The van der Waals surface area contributed by atoms with Crippen molar-refractivity contribution in [2.24, 2.45) is 11.8 Å². The molecule has 2 aromatic rings. The SMILES string of the molecule is COc1cc([C@@H]2c3cc(O)c(OC)cc3C[C@@H](CO)[C@@H]2CO)ccc1O. The van der Waals surface area contributed by atoms with Crippen molar-refractivity contribution >= 4 is 0 Å². The van der Waals surface area contributed by atoms with Gasteiger partial charge < -0.3 is 29.9 Å². The highest BCUT2D eigenvalue weighted by atomic mass is 16.5. The van der Waals surface area contributed by atoms with Crippen LogP contribution >= 0.6 is 0 Å². The molecule has 4 N–H and O–H groups in total. The first-order valence-electron chi connectivity index (χ1n) is 8.52. The summed E-state index contributed by atoms with van der Waals surface area (Å²) in [5.41, 5.74) is 2.67. The smallest absolute Gasteiger partial charge is 0.160 e. The number of benzene rings is 2. The van der Waals surface area contributed by atoms with Crippen molar-refractivity contribution in [3.63, 3.8) is 0 Å². The Balaban J connectivity index is 2.19. The lowest BCUT2D eigenvalue weighted by Gasteiger charge is -2.38. The highest BCUT2D eigenvalue weighted by Crippen LogP contribution is 2.47. The highest BCUT2D eigenvalue weighted by molar-refractivity contribution is 5.53. The molecule has 6 nitrogen and oxygen atoms in total. The van der Waals surface area contributed by atoms with Crippen molar-refractivity contribution in [1.82, 2.24) is 0 Å². The Hall–Kier alpha value is -2.44. The van der Waals surface area contributed by atoms with Crippen molar-refractivity contribution in [2.75, 3.05) is 27.4 Å². The van der Waals surface area contributed by atoms with E-state index in [2.05, 4.69) is 0 Å². The molecule has 0 aliphatic heterocycles. The average molecular weight is 360 g/mol. The molecule has 2 aromatic carbocycles. The molecule has 26 heavy (non-hydrogen) atoms. The third-order valence-corrected chi connectivity index (χ3v) is 5.30. The van der Waals surface area contributed by atoms with E-state index in [4.69, 9.17) is 9.47 Å². The third-order valence-electron chi connectivity index (χ3n) is 5.30. The van der Waals surface area contributed by atoms with Gasteiger partial charge >= 0.3 is 0 Å². The minimum Gasteiger partial charge on any atom is -0.504 e. The third kappa shape index (κ3) is 3.06. The van der Waals surface area contributed by atoms with Gasteiger partial charge in [0.25, 0.3) is 0 Å². The van der Waals surface area contributed by atoms with Crippen LogP contribution in [0.4, 0.5) is 0 Å². The van der Waals surface area contributed by atoms with Crippen LogP contribution in [-0.4, -0.2) is 47.9 Å². The number of aliphatic hydroxyl groups is 2. The van der Waals surface area contributed by atoms with E-state index in [0.29, 0.717) is 17.9 Å². The lowest BCUT2D eigenvalue weighted by atomic mass is 9.67. The second kappa shape index (κ2) is 7.43. The van der Waals surface area contributed by atoms with E-state index < -0.39 is 0 Å². The van der Waals surface area contributed by atoms with E-state index in [-0.39, 0.29) is 42.5 Å². The van der Waals surface area contributed by atoms with Gasteiger partial charge in [-0.1, -0.05) is 6.07 Å². The maximum atomic E-state index is 10.3. The Kier molecular flexibility index (Phi) is 5.25. The molecule has 140 valence electrons. The maximum absolute atomic E-state index is 10.3. The summed E-state index contributed by atoms with van der Waals surface area (Å²) in [5.74, 6) is 0.160. The van der Waals surface area contributed by atoms with Gasteiger partial charge in [0.2, 0.25) is 0 Å². The largest absolute Gasteiger partial charge is 0.504 e. The Morgan fingerprint density at radius 3 is 2.23 bits per heavy atom. The number of fused-ring (bicyclic) bond motifs is 1. The number of hydrogen-bond donors (Lipinski definition) is 4. The molecule has 1 aliphatic carbocycles. The molecule has 3 rings (SSSR count). The topological polar surface area (TPSA) is 99.4 Å². The molecule has 0 unspecified atom stereocenters. The van der Waals surface area contributed by atoms with Crippen LogP contribution in [0.15, 0.2) is 30.3 Å². The second-order valence-corrected chi connectivity index (χ2v) is 6.63. The zero-order valence-corrected chi connectivity index (χ0v) is 14.8. The van der Waals surface area contributed by atoms with Crippen LogP contribution in [0, 0.1) is 11.8 Å². The first-order chi connectivity index (χ1) is 12.5. The van der Waals surface area contributed by atoms with E-state index in [1.807, 2.05) is 0 Å². The van der Waals surface area contributed by atoms with Crippen LogP contribution in [0.25, 0.3) is 0 Å². The quantitative estimate of drug-likeness (QED) is 0.651. The molecule has 6 heteroatoms. The molecular weight excluding hydrogens is 336 g/mol. The van der Waals surface area contributed by atoms with E-state index in [0.717, 1.165) is 16.7 Å². The molecule has 0 saturated heterocycles. The van der Waals surface area contributed by atoms with Crippen molar-refractivity contribution in [3.8, 4) is 23.0 Å². The van der Waals surface area contributed by atoms with Crippen molar-refractivity contribution in [3.05, 3.63) is 47.0 Å². The van der Waals surface area contributed by atoms with E-state index in [1.54, 1.807) is 30.3 Å². The fraction of sp³-hybridized carbons (Fsp3) is 0.400. The minimum absolute atomic E-state index is 0.0288. The number of phenolic OH excluding ortho intramolecular Hbond substituents is 2. The van der Waals surface area contributed by atoms with Crippen LogP contribution < -0.4 is 9.47 Å². The molecule has 0 bridgehead atoms. The lowest BCUT2D eigenvalue weighted by Crippen LogP contribution is -2.35. The predicted octanol–water partition coefficient (Wildman–Crippen LogP) is 2.02. The maximum Gasteiger partial charge on any atom is 0.160 e. The van der Waals surface area contributed by atoms with Crippen LogP contribution in [0.3, 0.4) is 0 Å². The zero-order chi connectivity index (χ0) is 18.8. The fourth-order valence-corrected chi connectivity index (χ4v) is 3.96. The molecule has 0 aromatic heterocycles. The van der Waals surface area contributed by atoms with Gasteiger partial charge in [-0.3, -0.25) is 0 Å². The van der Waals surface area contributed by atoms with Gasteiger partial charge in [0.05, 0.1) is 14.2 Å². The molecule has 0 amide bonds. The lowest BCUT2D eigenvalue weighted by molar-refractivity contribution is 0.101. The summed E-state index contributed by atoms with van der Waals surface area (Å²) in [6, 6.07) is 8.50. The monoisotopic (exact) mass is 360 g/mol. The molecule has 0 saturated carbocycles. The van der Waals surface area contributed by atoms with Crippen molar-refractivity contribution in [2.45, 2.75) is 12.3 Å². The Morgan fingerprint density at radius 1 is 0.923 bits per heavy atom. The summed E-state index contributed by atoms with van der Waals surface area (Å²) < 4.78 is 10.4. The van der Waals surface area contributed by atoms with Crippen LogP contribution in [-0.2, 0) is 6.42 Å². The van der Waals surface area contributed by atoms with Gasteiger partial charge in [0, 0.05) is 19.1 Å². The van der Waals surface area contributed by atoms with Gasteiger partial charge in [-0.2, -0.15) is 0 Å². The summed E-state index contributed by atoms with van der Waals surface area (Å²) >= 11 is 0. The Morgan fingerprint density at radius 2 is 1.62 bits per heavy atom. The summed E-state index contributed by atoms with van der Waals surface area (Å²) in [5, 5.41) is 40.0. The molecule has 0 heterocycles. The molecule has 0 radical (unpaired) electrons. The predicted molar refractivity (Wildman–Crippen MR) is 96.0 cm³/mol. The molecule has 3 atom stereocenters. The number of methoxy groups -OCH3 is 2. The Bertz CT molecular complexity index is 788. The standard InChI is InChI=1S/C20H24O6/c1-25-18-6-11(3-4-16(18)23)20-14-8-17(24)19(26-2)7-12(14)5-13(9-21)15(20)10-22/h3-4,6-8,13,15,20-24H,5,9-10H2,1-2H3/t13-,15-,20+/m0/s1. The summed E-state index contributed by atoms with van der Waals surface area (Å²) in [7, 11) is 2.97. The molecular formula is C20H24O6. The summed E-state index contributed by atoms with van der Waals surface area (Å²) in [4.78, 5) is 0. The summed E-state index contributed by atoms with van der Waals surface area (Å²) in [6.45, 7) is -0.162. The van der Waals surface area contributed by atoms with E-state index in [1.165, 1.54) is 14.2 Å². The number of hydrogen-bond acceptors (Lipinski definition) is 6. The van der Waals surface area contributed by atoms with Gasteiger partial charge in [0.1, 0.15) is 0 Å². The number of aromatic hydroxyl groups is 2. The number of rotatable bonds is 5. The van der Waals surface area contributed by atoms with Gasteiger partial charge in [-0.25, -0.2) is 0 Å². The van der Waals surface area contributed by atoms with Crippen molar-refractivity contribution < 1.29 is 29.9 Å². The number of aliphatic hydroxyl groups excluding tert-OH is 2. The zero-order valence-electron chi connectivity index (χ0n) is 14.8.